The van der Waals surface area contributed by atoms with E-state index in [9.17, 15) is 13.2 Å². The normalized spacial score (nSPS) is 17.0. The van der Waals surface area contributed by atoms with E-state index in [4.69, 9.17) is 4.74 Å². The molecular weight excluding hydrogens is 315 g/mol. The highest BCUT2D eigenvalue weighted by atomic mass is 19.4. The van der Waals surface area contributed by atoms with Crippen LogP contribution >= 0.6 is 0 Å². The quantitative estimate of drug-likeness (QED) is 0.754. The smallest absolute Gasteiger partial charge is 0.419 e. The number of nitrogens with zero attached hydrogens (tertiary/aromatic N) is 1. The predicted octanol–water partition coefficient (Wildman–Crippen LogP) is 5.31. The lowest BCUT2D eigenvalue weighted by molar-refractivity contribution is -0.138. The van der Waals surface area contributed by atoms with Gasteiger partial charge in [-0.1, -0.05) is 30.3 Å². The van der Waals surface area contributed by atoms with Gasteiger partial charge in [0.05, 0.1) is 5.56 Å². The second-order valence-electron chi connectivity index (χ2n) is 6.21. The summed E-state index contributed by atoms with van der Waals surface area (Å²) in [6, 6.07) is 12.8. The molecule has 24 heavy (non-hydrogen) atoms. The summed E-state index contributed by atoms with van der Waals surface area (Å²) in [6.45, 7) is 1.97. The molecule has 1 saturated heterocycles. The number of para-hydroxylation sites is 2. The van der Waals surface area contributed by atoms with Crippen LogP contribution < -0.4 is 4.74 Å². The van der Waals surface area contributed by atoms with Crippen LogP contribution in [-0.4, -0.2) is 25.0 Å². The molecule has 0 N–H and O–H groups in total. The van der Waals surface area contributed by atoms with Crippen molar-refractivity contribution in [1.29, 1.82) is 0 Å². The van der Waals surface area contributed by atoms with Crippen molar-refractivity contribution in [2.24, 2.45) is 0 Å². The van der Waals surface area contributed by atoms with Crippen LogP contribution in [0.5, 0.6) is 11.5 Å². The summed E-state index contributed by atoms with van der Waals surface area (Å²) in [6.07, 6.45) is -2.46. The predicted molar refractivity (Wildman–Crippen MR) is 87.4 cm³/mol. The number of rotatable bonds is 3. The van der Waals surface area contributed by atoms with E-state index in [1.165, 1.54) is 12.1 Å². The first-order chi connectivity index (χ1) is 11.4. The van der Waals surface area contributed by atoms with Crippen LogP contribution in [0.2, 0.25) is 0 Å². The highest BCUT2D eigenvalue weighted by Gasteiger charge is 2.34. The summed E-state index contributed by atoms with van der Waals surface area (Å²) in [4.78, 5) is 2.26. The summed E-state index contributed by atoms with van der Waals surface area (Å²) in [5.74, 6) is 0.685. The van der Waals surface area contributed by atoms with Crippen molar-refractivity contribution < 1.29 is 17.9 Å². The van der Waals surface area contributed by atoms with Gasteiger partial charge in [0.15, 0.2) is 0 Å². The molecule has 0 unspecified atom stereocenters. The fourth-order valence-electron chi connectivity index (χ4n) is 3.14. The van der Waals surface area contributed by atoms with Gasteiger partial charge in [-0.2, -0.15) is 13.2 Å². The molecule has 128 valence electrons. The lowest BCUT2D eigenvalue weighted by Crippen LogP contribution is -2.29. The zero-order valence-corrected chi connectivity index (χ0v) is 13.5. The second kappa shape index (κ2) is 6.85. The molecule has 0 aromatic heterocycles. The molecule has 0 radical (unpaired) electrons. The van der Waals surface area contributed by atoms with Crippen LogP contribution in [0, 0.1) is 0 Å². The van der Waals surface area contributed by atoms with E-state index in [0.29, 0.717) is 11.7 Å². The fourth-order valence-corrected chi connectivity index (χ4v) is 3.14. The van der Waals surface area contributed by atoms with Gasteiger partial charge in [0, 0.05) is 0 Å². The lowest BCUT2D eigenvalue weighted by Gasteiger charge is -2.30. The van der Waals surface area contributed by atoms with E-state index >= 15 is 0 Å². The maximum absolute atomic E-state index is 13.2. The van der Waals surface area contributed by atoms with Crippen molar-refractivity contribution in [1.82, 2.24) is 4.90 Å². The van der Waals surface area contributed by atoms with E-state index in [2.05, 4.69) is 11.9 Å². The monoisotopic (exact) mass is 335 g/mol. The first-order valence-electron chi connectivity index (χ1n) is 8.06. The number of hydrogen-bond donors (Lipinski definition) is 0. The number of piperidine rings is 1. The Morgan fingerprint density at radius 3 is 2.17 bits per heavy atom. The van der Waals surface area contributed by atoms with Crippen LogP contribution in [0.1, 0.15) is 29.9 Å². The van der Waals surface area contributed by atoms with Crippen molar-refractivity contribution in [2.45, 2.75) is 24.9 Å². The van der Waals surface area contributed by atoms with E-state index in [0.717, 1.165) is 37.6 Å². The Morgan fingerprint density at radius 2 is 1.50 bits per heavy atom. The van der Waals surface area contributed by atoms with Gasteiger partial charge in [-0.15, -0.1) is 0 Å². The number of hydrogen-bond acceptors (Lipinski definition) is 2. The van der Waals surface area contributed by atoms with Crippen LogP contribution in [0.3, 0.4) is 0 Å². The fraction of sp³-hybridized carbons (Fsp3) is 0.368. The minimum absolute atomic E-state index is 0.148. The summed E-state index contributed by atoms with van der Waals surface area (Å²) in [5.41, 5.74) is 0.241. The average molecular weight is 335 g/mol. The topological polar surface area (TPSA) is 12.5 Å². The Kier molecular flexibility index (Phi) is 4.81. The third kappa shape index (κ3) is 3.73. The first kappa shape index (κ1) is 16.8. The Morgan fingerprint density at radius 1 is 0.917 bits per heavy atom. The number of halogens is 3. The largest absolute Gasteiger partial charge is 0.456 e. The van der Waals surface area contributed by atoms with Crippen molar-refractivity contribution in [3.63, 3.8) is 0 Å². The maximum Gasteiger partial charge on any atom is 0.419 e. The van der Waals surface area contributed by atoms with Crippen LogP contribution in [0.25, 0.3) is 0 Å². The SMILES string of the molecule is CN1CCC(c2ccccc2Oc2ccccc2C(F)(F)F)CC1. The van der Waals surface area contributed by atoms with Crippen molar-refractivity contribution in [3.05, 3.63) is 59.7 Å². The number of ether oxygens (including phenoxy) is 1. The minimum atomic E-state index is -4.43. The summed E-state index contributed by atoms with van der Waals surface area (Å²) >= 11 is 0. The van der Waals surface area contributed by atoms with Gasteiger partial charge >= 0.3 is 6.18 Å². The summed E-state index contributed by atoms with van der Waals surface area (Å²) in [5, 5.41) is 0. The van der Waals surface area contributed by atoms with Gasteiger partial charge < -0.3 is 9.64 Å². The molecule has 0 aliphatic carbocycles. The van der Waals surface area contributed by atoms with Gasteiger partial charge in [-0.3, -0.25) is 0 Å². The van der Waals surface area contributed by atoms with Crippen molar-refractivity contribution >= 4 is 0 Å². The van der Waals surface area contributed by atoms with Crippen molar-refractivity contribution in [2.75, 3.05) is 20.1 Å². The van der Waals surface area contributed by atoms with Crippen LogP contribution in [0.15, 0.2) is 48.5 Å². The van der Waals surface area contributed by atoms with Crippen molar-refractivity contribution in [3.8, 4) is 11.5 Å². The summed E-state index contributed by atoms with van der Waals surface area (Å²) in [7, 11) is 2.08. The third-order valence-corrected chi connectivity index (χ3v) is 4.49. The molecule has 0 atom stereocenters. The molecule has 1 fully saturated rings. The number of likely N-dealkylation sites (tertiary alicyclic amines) is 1. The average Bonchev–Trinajstić information content (AvgIpc) is 2.56. The lowest BCUT2D eigenvalue weighted by atomic mass is 9.89. The molecule has 1 heterocycles. The molecule has 0 amide bonds. The maximum atomic E-state index is 13.2. The van der Waals surface area contributed by atoms with E-state index in [1.54, 1.807) is 18.2 Å². The number of benzene rings is 2. The van der Waals surface area contributed by atoms with Gasteiger partial charge in [-0.05, 0) is 62.7 Å². The van der Waals surface area contributed by atoms with Crippen LogP contribution in [-0.2, 0) is 6.18 Å². The zero-order chi connectivity index (χ0) is 17.2. The first-order valence-corrected chi connectivity index (χ1v) is 8.06. The highest BCUT2D eigenvalue weighted by molar-refractivity contribution is 5.43. The Bertz CT molecular complexity index is 691. The molecule has 2 aromatic carbocycles. The molecule has 1 aliphatic heterocycles. The molecule has 1 aliphatic rings. The zero-order valence-electron chi connectivity index (χ0n) is 13.5. The molecular formula is C19H20F3NO. The molecule has 0 bridgehead atoms. The van der Waals surface area contributed by atoms with Gasteiger partial charge in [0.1, 0.15) is 11.5 Å². The molecule has 5 heteroatoms. The Balaban J connectivity index is 1.89. The summed E-state index contributed by atoms with van der Waals surface area (Å²) < 4.78 is 45.2. The highest BCUT2D eigenvalue weighted by Crippen LogP contribution is 2.40. The number of alkyl halides is 3. The molecule has 3 rings (SSSR count). The molecule has 2 aromatic rings. The van der Waals surface area contributed by atoms with Gasteiger partial charge in [-0.25, -0.2) is 0 Å². The minimum Gasteiger partial charge on any atom is -0.456 e. The van der Waals surface area contributed by atoms with E-state index < -0.39 is 11.7 Å². The van der Waals surface area contributed by atoms with Gasteiger partial charge in [0.2, 0.25) is 0 Å². The van der Waals surface area contributed by atoms with E-state index in [1.807, 2.05) is 12.1 Å². The van der Waals surface area contributed by atoms with Crippen LogP contribution in [0.4, 0.5) is 13.2 Å². The molecule has 0 saturated carbocycles. The van der Waals surface area contributed by atoms with E-state index in [-0.39, 0.29) is 5.75 Å². The van der Waals surface area contributed by atoms with Gasteiger partial charge in [0.25, 0.3) is 0 Å². The molecule has 0 spiro atoms. The standard InChI is InChI=1S/C19H20F3NO/c1-23-12-10-14(11-13-23)15-6-2-4-8-17(15)24-18-9-5-3-7-16(18)19(20,21)22/h2-9,14H,10-13H2,1H3. The Hall–Kier alpha value is -2.01. The second-order valence-corrected chi connectivity index (χ2v) is 6.21. The molecule has 2 nitrogen and oxygen atoms in total. The Labute approximate surface area is 139 Å². The third-order valence-electron chi connectivity index (χ3n) is 4.49.